The van der Waals surface area contributed by atoms with Gasteiger partial charge in [-0.2, -0.15) is 4.98 Å². The molecule has 3 aromatic rings. The number of hydrogen-bond donors (Lipinski definition) is 1. The molecular weight excluding hydrogens is 412 g/mol. The molecule has 0 saturated carbocycles. The van der Waals surface area contributed by atoms with Gasteiger partial charge in [0.05, 0.1) is 5.56 Å². The van der Waals surface area contributed by atoms with Crippen molar-refractivity contribution in [3.05, 3.63) is 63.3 Å². The van der Waals surface area contributed by atoms with Gasteiger partial charge in [0.1, 0.15) is 5.75 Å². The Morgan fingerprint density at radius 1 is 1.28 bits per heavy atom. The number of carboxylic acids is 1. The zero-order valence-electron chi connectivity index (χ0n) is 12.8. The first-order chi connectivity index (χ1) is 12.0. The largest absolute Gasteiger partial charge is 0.481 e. The van der Waals surface area contributed by atoms with Crippen LogP contribution in [-0.2, 0) is 11.2 Å². The van der Waals surface area contributed by atoms with E-state index in [4.69, 9.17) is 26.0 Å². The molecule has 0 bridgehead atoms. The van der Waals surface area contributed by atoms with Crippen LogP contribution in [0, 0.1) is 0 Å². The SMILES string of the molecule is O=C(O)COc1ccc(Br)cc1-c1nc(Cc2cccc(Cl)c2)no1. The van der Waals surface area contributed by atoms with Crippen molar-refractivity contribution in [2.24, 2.45) is 0 Å². The van der Waals surface area contributed by atoms with E-state index in [2.05, 4.69) is 26.1 Å². The van der Waals surface area contributed by atoms with E-state index < -0.39 is 12.6 Å². The van der Waals surface area contributed by atoms with E-state index in [1.54, 1.807) is 24.3 Å². The van der Waals surface area contributed by atoms with Gasteiger partial charge in [0, 0.05) is 15.9 Å². The fourth-order valence-corrected chi connectivity index (χ4v) is 2.77. The van der Waals surface area contributed by atoms with E-state index in [1.165, 1.54) is 0 Å². The Morgan fingerprint density at radius 2 is 2.12 bits per heavy atom. The summed E-state index contributed by atoms with van der Waals surface area (Å²) in [5.41, 5.74) is 1.47. The molecule has 3 rings (SSSR count). The maximum absolute atomic E-state index is 10.7. The standard InChI is InChI=1S/C17H12BrClN2O4/c18-11-4-5-14(24-9-16(22)23)13(8-11)17-20-15(21-25-17)7-10-2-1-3-12(19)6-10/h1-6,8H,7,9H2,(H,22,23). The molecule has 0 aliphatic heterocycles. The lowest BCUT2D eigenvalue weighted by molar-refractivity contribution is -0.139. The molecule has 0 spiro atoms. The summed E-state index contributed by atoms with van der Waals surface area (Å²) >= 11 is 9.34. The van der Waals surface area contributed by atoms with Crippen molar-refractivity contribution < 1.29 is 19.2 Å². The monoisotopic (exact) mass is 422 g/mol. The van der Waals surface area contributed by atoms with Crippen molar-refractivity contribution in [2.75, 3.05) is 6.61 Å². The van der Waals surface area contributed by atoms with Crippen LogP contribution in [0.25, 0.3) is 11.5 Å². The Morgan fingerprint density at radius 3 is 2.88 bits per heavy atom. The number of benzene rings is 2. The Labute approximate surface area is 156 Å². The van der Waals surface area contributed by atoms with E-state index >= 15 is 0 Å². The minimum atomic E-state index is -1.07. The second-order valence-electron chi connectivity index (χ2n) is 5.15. The number of aliphatic carboxylic acids is 1. The summed E-state index contributed by atoms with van der Waals surface area (Å²) in [6, 6.07) is 12.5. The van der Waals surface area contributed by atoms with Crippen LogP contribution in [0.4, 0.5) is 0 Å². The molecule has 1 aromatic heterocycles. The van der Waals surface area contributed by atoms with Crippen LogP contribution in [0.2, 0.25) is 5.02 Å². The Kier molecular flexibility index (Phi) is 5.35. The molecule has 0 radical (unpaired) electrons. The number of aromatic nitrogens is 2. The second-order valence-corrected chi connectivity index (χ2v) is 6.50. The quantitative estimate of drug-likeness (QED) is 0.639. The normalized spacial score (nSPS) is 10.6. The highest BCUT2D eigenvalue weighted by molar-refractivity contribution is 9.10. The van der Waals surface area contributed by atoms with Gasteiger partial charge in [-0.05, 0) is 35.9 Å². The maximum atomic E-state index is 10.7. The summed E-state index contributed by atoms with van der Waals surface area (Å²) in [6.07, 6.45) is 0.462. The second kappa shape index (κ2) is 7.67. The lowest BCUT2D eigenvalue weighted by Gasteiger charge is -2.07. The summed E-state index contributed by atoms with van der Waals surface area (Å²) in [5.74, 6) is 0.0183. The van der Waals surface area contributed by atoms with Gasteiger partial charge in [-0.1, -0.05) is 44.8 Å². The van der Waals surface area contributed by atoms with Gasteiger partial charge in [0.25, 0.3) is 5.89 Å². The molecule has 0 amide bonds. The van der Waals surface area contributed by atoms with Crippen LogP contribution >= 0.6 is 27.5 Å². The third-order valence-corrected chi connectivity index (χ3v) is 3.97. The summed E-state index contributed by atoms with van der Waals surface area (Å²) in [5, 5.41) is 13.4. The van der Waals surface area contributed by atoms with Crippen molar-refractivity contribution in [3.63, 3.8) is 0 Å². The number of hydrogen-bond acceptors (Lipinski definition) is 5. The molecule has 0 aliphatic rings. The maximum Gasteiger partial charge on any atom is 0.341 e. The minimum absolute atomic E-state index is 0.249. The van der Waals surface area contributed by atoms with Gasteiger partial charge in [-0.25, -0.2) is 4.79 Å². The summed E-state index contributed by atoms with van der Waals surface area (Å²) in [4.78, 5) is 15.1. The van der Waals surface area contributed by atoms with E-state index in [0.29, 0.717) is 28.6 Å². The Hall–Kier alpha value is -2.38. The third kappa shape index (κ3) is 4.58. The summed E-state index contributed by atoms with van der Waals surface area (Å²) < 4.78 is 11.4. The summed E-state index contributed by atoms with van der Waals surface area (Å²) in [6.45, 7) is -0.460. The first-order valence-electron chi connectivity index (χ1n) is 7.23. The number of nitrogens with zero attached hydrogens (tertiary/aromatic N) is 2. The van der Waals surface area contributed by atoms with Crippen molar-refractivity contribution >= 4 is 33.5 Å². The first kappa shape index (κ1) is 17.4. The molecule has 1 N–H and O–H groups in total. The van der Waals surface area contributed by atoms with Crippen LogP contribution in [0.3, 0.4) is 0 Å². The molecule has 2 aromatic carbocycles. The van der Waals surface area contributed by atoms with Gasteiger partial charge >= 0.3 is 5.97 Å². The van der Waals surface area contributed by atoms with Crippen molar-refractivity contribution in [1.29, 1.82) is 0 Å². The van der Waals surface area contributed by atoms with E-state index in [0.717, 1.165) is 10.0 Å². The number of carbonyl (C=O) groups is 1. The molecule has 0 fully saturated rings. The molecule has 0 saturated heterocycles. The molecule has 25 heavy (non-hydrogen) atoms. The van der Waals surface area contributed by atoms with Crippen LogP contribution in [0.5, 0.6) is 5.75 Å². The van der Waals surface area contributed by atoms with E-state index in [-0.39, 0.29) is 5.89 Å². The summed E-state index contributed by atoms with van der Waals surface area (Å²) in [7, 11) is 0. The van der Waals surface area contributed by atoms with Gasteiger partial charge in [0.2, 0.25) is 0 Å². The number of ether oxygens (including phenoxy) is 1. The minimum Gasteiger partial charge on any atom is -0.481 e. The highest BCUT2D eigenvalue weighted by Crippen LogP contribution is 2.32. The van der Waals surface area contributed by atoms with Crippen LogP contribution in [0.15, 0.2) is 51.5 Å². The topological polar surface area (TPSA) is 85.5 Å². The smallest absolute Gasteiger partial charge is 0.341 e. The highest BCUT2D eigenvalue weighted by atomic mass is 79.9. The van der Waals surface area contributed by atoms with Gasteiger partial charge < -0.3 is 14.4 Å². The lowest BCUT2D eigenvalue weighted by Crippen LogP contribution is -2.10. The van der Waals surface area contributed by atoms with Gasteiger partial charge in [-0.3, -0.25) is 0 Å². The predicted molar refractivity (Wildman–Crippen MR) is 94.8 cm³/mol. The first-order valence-corrected chi connectivity index (χ1v) is 8.40. The van der Waals surface area contributed by atoms with Gasteiger partial charge in [0.15, 0.2) is 12.4 Å². The zero-order chi connectivity index (χ0) is 17.8. The molecule has 0 unspecified atom stereocenters. The van der Waals surface area contributed by atoms with Crippen molar-refractivity contribution in [3.8, 4) is 17.2 Å². The fraction of sp³-hybridized carbons (Fsp3) is 0.118. The van der Waals surface area contributed by atoms with Crippen LogP contribution < -0.4 is 4.74 Å². The van der Waals surface area contributed by atoms with Crippen LogP contribution in [0.1, 0.15) is 11.4 Å². The highest BCUT2D eigenvalue weighted by Gasteiger charge is 2.16. The molecule has 8 heteroatoms. The average Bonchev–Trinajstić information content (AvgIpc) is 3.02. The van der Waals surface area contributed by atoms with E-state index in [1.807, 2.05) is 18.2 Å². The predicted octanol–water partition coefficient (Wildman–Crippen LogP) is 4.21. The van der Waals surface area contributed by atoms with E-state index in [9.17, 15) is 4.79 Å². The van der Waals surface area contributed by atoms with Gasteiger partial charge in [-0.15, -0.1) is 0 Å². The molecule has 6 nitrogen and oxygen atoms in total. The molecule has 128 valence electrons. The molecule has 1 heterocycles. The molecule has 0 aliphatic carbocycles. The fourth-order valence-electron chi connectivity index (χ4n) is 2.20. The van der Waals surface area contributed by atoms with Crippen molar-refractivity contribution in [2.45, 2.75) is 6.42 Å². The number of carboxylic acid groups (broad SMARTS) is 1. The number of halogens is 2. The average molecular weight is 424 g/mol. The molecular formula is C17H12BrClN2O4. The zero-order valence-corrected chi connectivity index (χ0v) is 15.1. The van der Waals surface area contributed by atoms with Crippen LogP contribution in [-0.4, -0.2) is 27.8 Å². The Bertz CT molecular complexity index is 913. The molecule has 0 atom stereocenters. The number of rotatable bonds is 6. The van der Waals surface area contributed by atoms with Crippen molar-refractivity contribution in [1.82, 2.24) is 10.1 Å². The lowest BCUT2D eigenvalue weighted by atomic mass is 10.1. The third-order valence-electron chi connectivity index (χ3n) is 3.24. The Balaban J connectivity index is 1.86.